The Morgan fingerprint density at radius 1 is 1.36 bits per heavy atom. The molecule has 0 spiro atoms. The summed E-state index contributed by atoms with van der Waals surface area (Å²) in [5.41, 5.74) is 1.17. The summed E-state index contributed by atoms with van der Waals surface area (Å²) in [6.07, 6.45) is 3.02. The number of nitrogens with zero attached hydrogens (tertiary/aromatic N) is 3. The van der Waals surface area contributed by atoms with Gasteiger partial charge in [0.1, 0.15) is 5.69 Å². The zero-order valence-corrected chi connectivity index (χ0v) is 14.7. The van der Waals surface area contributed by atoms with Crippen LogP contribution in [0.2, 0.25) is 0 Å². The van der Waals surface area contributed by atoms with Crippen LogP contribution >= 0.6 is 0 Å². The number of methoxy groups -OCH3 is 2. The number of pyridine rings is 1. The fraction of sp³-hybridized carbons (Fsp3) is 0.706. The molecule has 1 saturated heterocycles. The summed E-state index contributed by atoms with van der Waals surface area (Å²) in [6, 6.07) is 1.83. The van der Waals surface area contributed by atoms with Crippen LogP contribution in [-0.4, -0.2) is 61.7 Å². The third-order valence-corrected chi connectivity index (χ3v) is 5.11. The van der Waals surface area contributed by atoms with Gasteiger partial charge in [-0.2, -0.15) is 0 Å². The van der Waals surface area contributed by atoms with Gasteiger partial charge in [-0.3, -0.25) is 4.98 Å². The van der Waals surface area contributed by atoms with Crippen LogP contribution in [0.5, 0.6) is 11.5 Å². The molecule has 2 rings (SSSR count). The highest BCUT2D eigenvalue weighted by molar-refractivity contribution is 5.42. The van der Waals surface area contributed by atoms with E-state index in [-0.39, 0.29) is 5.54 Å². The molecule has 1 aliphatic heterocycles. The first-order valence-corrected chi connectivity index (χ1v) is 7.85. The minimum absolute atomic E-state index is 0.250. The van der Waals surface area contributed by atoms with Crippen LogP contribution < -0.4 is 9.47 Å². The van der Waals surface area contributed by atoms with Crippen molar-refractivity contribution in [3.8, 4) is 11.5 Å². The van der Waals surface area contributed by atoms with Gasteiger partial charge < -0.3 is 19.3 Å². The topological polar surface area (TPSA) is 37.8 Å². The van der Waals surface area contributed by atoms with Crippen molar-refractivity contribution in [2.45, 2.75) is 32.4 Å². The second-order valence-electron chi connectivity index (χ2n) is 6.75. The highest BCUT2D eigenvalue weighted by Gasteiger charge is 2.39. The molecule has 0 amide bonds. The van der Waals surface area contributed by atoms with Crippen molar-refractivity contribution in [3.63, 3.8) is 0 Å². The Balaban J connectivity index is 2.05. The third-order valence-electron chi connectivity index (χ3n) is 5.11. The number of hydrogen-bond acceptors (Lipinski definition) is 5. The summed E-state index contributed by atoms with van der Waals surface area (Å²) in [5, 5.41) is 0. The average Bonchev–Trinajstić information content (AvgIpc) is 2.73. The molecular formula is C17H29N3O2. The molecule has 0 aromatic carbocycles. The monoisotopic (exact) mass is 307 g/mol. The average molecular weight is 307 g/mol. The van der Waals surface area contributed by atoms with Crippen LogP contribution in [0.3, 0.4) is 0 Å². The van der Waals surface area contributed by atoms with Gasteiger partial charge in [0.25, 0.3) is 0 Å². The Labute approximate surface area is 134 Å². The molecule has 1 aliphatic rings. The Morgan fingerprint density at radius 2 is 2.09 bits per heavy atom. The molecule has 5 heteroatoms. The van der Waals surface area contributed by atoms with Gasteiger partial charge in [0, 0.05) is 30.9 Å². The van der Waals surface area contributed by atoms with Crippen LogP contribution in [0.25, 0.3) is 0 Å². The minimum Gasteiger partial charge on any atom is -0.493 e. The second-order valence-corrected chi connectivity index (χ2v) is 6.75. The van der Waals surface area contributed by atoms with Crippen molar-refractivity contribution in [1.82, 2.24) is 14.8 Å². The van der Waals surface area contributed by atoms with Crippen molar-refractivity contribution in [2.75, 3.05) is 41.4 Å². The van der Waals surface area contributed by atoms with Crippen LogP contribution in [0.4, 0.5) is 0 Å². The number of aromatic nitrogens is 1. The summed E-state index contributed by atoms with van der Waals surface area (Å²) in [5.74, 6) is 2.14. The van der Waals surface area contributed by atoms with Crippen molar-refractivity contribution >= 4 is 0 Å². The molecular weight excluding hydrogens is 278 g/mol. The van der Waals surface area contributed by atoms with Gasteiger partial charge in [-0.25, -0.2) is 0 Å². The number of ether oxygens (including phenoxy) is 2. The summed E-state index contributed by atoms with van der Waals surface area (Å²) in [4.78, 5) is 9.25. The van der Waals surface area contributed by atoms with E-state index in [0.717, 1.165) is 30.3 Å². The lowest BCUT2D eigenvalue weighted by Crippen LogP contribution is -2.43. The highest BCUT2D eigenvalue weighted by atomic mass is 16.5. The molecule has 0 radical (unpaired) electrons. The van der Waals surface area contributed by atoms with Crippen molar-refractivity contribution in [2.24, 2.45) is 5.92 Å². The summed E-state index contributed by atoms with van der Waals surface area (Å²) in [7, 11) is 7.68. The van der Waals surface area contributed by atoms with E-state index < -0.39 is 0 Å². The Bertz CT molecular complexity index is 505. The second kappa shape index (κ2) is 6.84. The van der Waals surface area contributed by atoms with Gasteiger partial charge >= 0.3 is 0 Å². The Morgan fingerprint density at radius 3 is 2.64 bits per heavy atom. The maximum Gasteiger partial charge on any atom is 0.183 e. The fourth-order valence-electron chi connectivity index (χ4n) is 3.28. The van der Waals surface area contributed by atoms with Gasteiger partial charge in [-0.1, -0.05) is 0 Å². The van der Waals surface area contributed by atoms with Crippen molar-refractivity contribution in [1.29, 1.82) is 0 Å². The first kappa shape index (κ1) is 17.0. The maximum atomic E-state index is 5.47. The quantitative estimate of drug-likeness (QED) is 0.806. The number of hydrogen-bond donors (Lipinski definition) is 0. The molecule has 0 aliphatic carbocycles. The number of likely N-dealkylation sites (tertiary alicyclic amines) is 1. The van der Waals surface area contributed by atoms with E-state index in [9.17, 15) is 0 Å². The smallest absolute Gasteiger partial charge is 0.183 e. The highest BCUT2D eigenvalue weighted by Crippen LogP contribution is 2.34. The van der Waals surface area contributed by atoms with E-state index in [4.69, 9.17) is 9.47 Å². The van der Waals surface area contributed by atoms with Gasteiger partial charge in [-0.05, 0) is 46.8 Å². The minimum atomic E-state index is 0.250. The first-order valence-electron chi connectivity index (χ1n) is 7.85. The van der Waals surface area contributed by atoms with E-state index >= 15 is 0 Å². The molecule has 1 fully saturated rings. The first-order chi connectivity index (χ1) is 10.4. The fourth-order valence-corrected chi connectivity index (χ4v) is 3.28. The normalized spacial score (nSPS) is 21.3. The SMILES string of the molecule is COc1ccnc(CN(C)C[C@H]2CCN(C)C2(C)C)c1OC. The lowest BCUT2D eigenvalue weighted by molar-refractivity contribution is 0.139. The molecule has 0 unspecified atom stereocenters. The van der Waals surface area contributed by atoms with Crippen molar-refractivity contribution < 1.29 is 9.47 Å². The predicted molar refractivity (Wildman–Crippen MR) is 88.5 cm³/mol. The van der Waals surface area contributed by atoms with Gasteiger partial charge in [-0.15, -0.1) is 0 Å². The molecule has 1 aromatic heterocycles. The van der Waals surface area contributed by atoms with E-state index in [0.29, 0.717) is 5.92 Å². The summed E-state index contributed by atoms with van der Waals surface area (Å²) < 4.78 is 10.8. The van der Waals surface area contributed by atoms with Crippen LogP contribution in [0.1, 0.15) is 26.0 Å². The van der Waals surface area contributed by atoms with E-state index in [1.54, 1.807) is 20.4 Å². The molecule has 0 N–H and O–H groups in total. The van der Waals surface area contributed by atoms with Crippen LogP contribution in [-0.2, 0) is 6.54 Å². The summed E-state index contributed by atoms with van der Waals surface area (Å²) in [6.45, 7) is 7.66. The van der Waals surface area contributed by atoms with E-state index in [1.165, 1.54) is 13.0 Å². The number of rotatable bonds is 6. The standard InChI is InChI=1S/C17H29N3O2/c1-17(2)13(8-10-20(17)4)11-19(3)12-14-16(22-6)15(21-5)7-9-18-14/h7,9,13H,8,10-12H2,1-6H3/t13-/m1/s1. The molecule has 1 aromatic rings. The summed E-state index contributed by atoms with van der Waals surface area (Å²) >= 11 is 0. The van der Waals surface area contributed by atoms with Crippen molar-refractivity contribution in [3.05, 3.63) is 18.0 Å². The Hall–Kier alpha value is -1.33. The van der Waals surface area contributed by atoms with Gasteiger partial charge in [0.05, 0.1) is 14.2 Å². The third kappa shape index (κ3) is 3.36. The molecule has 22 heavy (non-hydrogen) atoms. The molecule has 1 atom stereocenters. The molecule has 124 valence electrons. The zero-order valence-electron chi connectivity index (χ0n) is 14.7. The largest absolute Gasteiger partial charge is 0.493 e. The van der Waals surface area contributed by atoms with Crippen LogP contribution in [0, 0.1) is 5.92 Å². The lowest BCUT2D eigenvalue weighted by Gasteiger charge is -2.35. The molecule has 2 heterocycles. The maximum absolute atomic E-state index is 5.47. The van der Waals surface area contributed by atoms with Gasteiger partial charge in [0.15, 0.2) is 11.5 Å². The molecule has 0 bridgehead atoms. The zero-order chi connectivity index (χ0) is 16.3. The Kier molecular flexibility index (Phi) is 5.29. The van der Waals surface area contributed by atoms with Crippen LogP contribution in [0.15, 0.2) is 12.3 Å². The predicted octanol–water partition coefficient (Wildman–Crippen LogP) is 2.26. The molecule has 5 nitrogen and oxygen atoms in total. The van der Waals surface area contributed by atoms with E-state index in [1.807, 2.05) is 6.07 Å². The molecule has 0 saturated carbocycles. The van der Waals surface area contributed by atoms with E-state index in [2.05, 4.69) is 42.7 Å². The lowest BCUT2D eigenvalue weighted by atomic mass is 9.88. The van der Waals surface area contributed by atoms with Gasteiger partial charge in [0.2, 0.25) is 0 Å².